The predicted molar refractivity (Wildman–Crippen MR) is 98.1 cm³/mol. The summed E-state index contributed by atoms with van der Waals surface area (Å²) in [5.74, 6) is -0.465. The molecule has 4 rings (SSSR count). The van der Waals surface area contributed by atoms with Gasteiger partial charge in [-0.25, -0.2) is 15.0 Å². The van der Waals surface area contributed by atoms with Crippen LogP contribution in [0.4, 0.5) is 19.0 Å². The fraction of sp³-hybridized carbons (Fsp3) is 0.105. The highest BCUT2D eigenvalue weighted by Gasteiger charge is 2.34. The number of carbonyl (C=O) groups is 1. The zero-order valence-electron chi connectivity index (χ0n) is 15.0. The molecule has 0 radical (unpaired) electrons. The van der Waals surface area contributed by atoms with E-state index in [1.54, 1.807) is 19.1 Å². The Balaban J connectivity index is 1.80. The lowest BCUT2D eigenvalue weighted by atomic mass is 10.0. The van der Waals surface area contributed by atoms with E-state index in [9.17, 15) is 18.0 Å². The first-order chi connectivity index (χ1) is 13.8. The van der Waals surface area contributed by atoms with E-state index in [1.165, 1.54) is 41.3 Å². The molecule has 3 aromatic heterocycles. The molecule has 0 fully saturated rings. The van der Waals surface area contributed by atoms with Crippen LogP contribution in [-0.4, -0.2) is 30.5 Å². The number of fused-ring (bicyclic) bond motifs is 1. The third-order valence-corrected chi connectivity index (χ3v) is 4.18. The van der Waals surface area contributed by atoms with E-state index < -0.39 is 17.6 Å². The third kappa shape index (κ3) is 3.51. The molecule has 1 N–H and O–H groups in total. The van der Waals surface area contributed by atoms with E-state index in [0.29, 0.717) is 11.2 Å². The lowest BCUT2D eigenvalue weighted by Crippen LogP contribution is -2.17. The number of amides is 1. The highest BCUT2D eigenvalue weighted by molar-refractivity contribution is 6.01. The molecule has 1 aromatic carbocycles. The van der Waals surface area contributed by atoms with Gasteiger partial charge in [0.15, 0.2) is 11.5 Å². The first-order valence-corrected chi connectivity index (χ1v) is 8.45. The van der Waals surface area contributed by atoms with Crippen molar-refractivity contribution in [2.24, 2.45) is 0 Å². The lowest BCUT2D eigenvalue weighted by Gasteiger charge is -2.14. The molecule has 4 aromatic rings. The molecule has 0 unspecified atom stereocenters. The summed E-state index contributed by atoms with van der Waals surface area (Å²) in [4.78, 5) is 24.2. The van der Waals surface area contributed by atoms with Crippen LogP contribution in [0.5, 0.6) is 0 Å². The number of rotatable bonds is 3. The minimum Gasteiger partial charge on any atom is -0.302 e. The first kappa shape index (κ1) is 18.5. The normalized spacial score (nSPS) is 11.6. The molecule has 0 aliphatic rings. The molecule has 0 saturated heterocycles. The van der Waals surface area contributed by atoms with E-state index in [-0.39, 0.29) is 22.9 Å². The van der Waals surface area contributed by atoms with E-state index in [0.717, 1.165) is 6.07 Å². The number of halogens is 3. The maximum absolute atomic E-state index is 13.4. The smallest absolute Gasteiger partial charge is 0.302 e. The Kier molecular flexibility index (Phi) is 4.45. The molecular formula is C19H13F3N6O. The lowest BCUT2D eigenvalue weighted by molar-refractivity contribution is -0.137. The van der Waals surface area contributed by atoms with Crippen molar-refractivity contribution < 1.29 is 18.0 Å². The van der Waals surface area contributed by atoms with Gasteiger partial charge in [-0.1, -0.05) is 18.2 Å². The molecule has 0 saturated carbocycles. The van der Waals surface area contributed by atoms with Gasteiger partial charge < -0.3 is 5.32 Å². The van der Waals surface area contributed by atoms with Gasteiger partial charge in [0, 0.05) is 18.0 Å². The number of anilines is 1. The van der Waals surface area contributed by atoms with Crippen molar-refractivity contribution in [2.45, 2.75) is 13.1 Å². The summed E-state index contributed by atoms with van der Waals surface area (Å²) in [5, 5.41) is 6.90. The van der Waals surface area contributed by atoms with Gasteiger partial charge in [0.1, 0.15) is 0 Å². The van der Waals surface area contributed by atoms with Crippen LogP contribution in [0, 0.1) is 6.92 Å². The highest BCUT2D eigenvalue weighted by atomic mass is 19.4. The molecule has 0 spiro atoms. The Bertz CT molecular complexity index is 1200. The van der Waals surface area contributed by atoms with Crippen LogP contribution in [0.2, 0.25) is 0 Å². The van der Waals surface area contributed by atoms with E-state index in [2.05, 4.69) is 25.4 Å². The van der Waals surface area contributed by atoms with Gasteiger partial charge in [-0.3, -0.25) is 4.79 Å². The average molecular weight is 398 g/mol. The zero-order chi connectivity index (χ0) is 20.6. The fourth-order valence-electron chi connectivity index (χ4n) is 2.88. The summed E-state index contributed by atoms with van der Waals surface area (Å²) < 4.78 is 41.6. The van der Waals surface area contributed by atoms with Gasteiger partial charge in [-0.2, -0.15) is 22.8 Å². The summed E-state index contributed by atoms with van der Waals surface area (Å²) in [6.07, 6.45) is -0.327. The van der Waals surface area contributed by atoms with Gasteiger partial charge >= 0.3 is 6.18 Å². The Morgan fingerprint density at radius 3 is 2.52 bits per heavy atom. The molecular weight excluding hydrogens is 385 g/mol. The molecule has 7 nitrogen and oxygen atoms in total. The standard InChI is InChI=1S/C19H13F3N6O/c1-11-9-14-25-10-15(26-18(29)17-23-7-4-8-24-17)28(14)27-16(11)12-5-2-3-6-13(12)19(20,21)22/h2-10H,1H3,(H,26,29). The van der Waals surface area contributed by atoms with E-state index in [1.807, 2.05) is 0 Å². The molecule has 0 bridgehead atoms. The molecule has 0 aliphatic carbocycles. The number of imidazole rings is 1. The Morgan fingerprint density at radius 2 is 1.79 bits per heavy atom. The zero-order valence-corrected chi connectivity index (χ0v) is 15.0. The number of hydrogen-bond acceptors (Lipinski definition) is 5. The molecule has 29 heavy (non-hydrogen) atoms. The van der Waals surface area contributed by atoms with Crippen molar-refractivity contribution in [3.63, 3.8) is 0 Å². The molecule has 10 heteroatoms. The molecule has 3 heterocycles. The maximum Gasteiger partial charge on any atom is 0.417 e. The van der Waals surface area contributed by atoms with Gasteiger partial charge in [-0.15, -0.1) is 0 Å². The SMILES string of the molecule is Cc1cc2ncc(NC(=O)c3ncccn3)n2nc1-c1ccccc1C(F)(F)F. The topological polar surface area (TPSA) is 85.1 Å². The number of hydrogen-bond donors (Lipinski definition) is 1. The number of nitrogens with zero attached hydrogens (tertiary/aromatic N) is 5. The number of aryl methyl sites for hydroxylation is 1. The Morgan fingerprint density at radius 1 is 1.07 bits per heavy atom. The van der Waals surface area contributed by atoms with Crippen LogP contribution in [0.25, 0.3) is 16.9 Å². The van der Waals surface area contributed by atoms with E-state index >= 15 is 0 Å². The number of benzene rings is 1. The summed E-state index contributed by atoms with van der Waals surface area (Å²) in [6.45, 7) is 1.65. The minimum atomic E-state index is -4.53. The molecule has 1 amide bonds. The van der Waals surface area contributed by atoms with E-state index in [4.69, 9.17) is 0 Å². The largest absolute Gasteiger partial charge is 0.417 e. The summed E-state index contributed by atoms with van der Waals surface area (Å²) in [5.41, 5.74) is 0.175. The quantitative estimate of drug-likeness (QED) is 0.568. The number of aromatic nitrogens is 5. The van der Waals surface area contributed by atoms with Crippen LogP contribution in [-0.2, 0) is 6.18 Å². The predicted octanol–water partition coefficient (Wildman–Crippen LogP) is 3.77. The van der Waals surface area contributed by atoms with Gasteiger partial charge in [0.25, 0.3) is 5.91 Å². The molecule has 0 atom stereocenters. The maximum atomic E-state index is 13.4. The summed E-state index contributed by atoms with van der Waals surface area (Å²) in [6, 6.07) is 8.37. The summed E-state index contributed by atoms with van der Waals surface area (Å²) >= 11 is 0. The minimum absolute atomic E-state index is 0.0581. The Labute approximate surface area is 162 Å². The summed E-state index contributed by atoms with van der Waals surface area (Å²) in [7, 11) is 0. The van der Waals surface area contributed by atoms with Crippen molar-refractivity contribution >= 4 is 17.4 Å². The van der Waals surface area contributed by atoms with Gasteiger partial charge in [0.05, 0.1) is 17.5 Å². The van der Waals surface area contributed by atoms with Crippen LogP contribution < -0.4 is 5.32 Å². The molecule has 146 valence electrons. The van der Waals surface area contributed by atoms with Crippen molar-refractivity contribution in [1.82, 2.24) is 24.6 Å². The van der Waals surface area contributed by atoms with Crippen molar-refractivity contribution in [3.05, 3.63) is 71.9 Å². The number of carbonyl (C=O) groups excluding carboxylic acids is 1. The van der Waals surface area contributed by atoms with Crippen LogP contribution in [0.15, 0.2) is 55.0 Å². The highest BCUT2D eigenvalue weighted by Crippen LogP contribution is 2.37. The van der Waals surface area contributed by atoms with Crippen LogP contribution in [0.1, 0.15) is 21.7 Å². The molecule has 0 aliphatic heterocycles. The van der Waals surface area contributed by atoms with Crippen molar-refractivity contribution in [3.8, 4) is 11.3 Å². The second kappa shape index (κ2) is 6.97. The second-order valence-electron chi connectivity index (χ2n) is 6.16. The number of nitrogens with one attached hydrogen (secondary N) is 1. The second-order valence-corrected chi connectivity index (χ2v) is 6.16. The van der Waals surface area contributed by atoms with Crippen molar-refractivity contribution in [1.29, 1.82) is 0 Å². The Hall–Kier alpha value is -3.82. The van der Waals surface area contributed by atoms with Crippen molar-refractivity contribution in [2.75, 3.05) is 5.32 Å². The fourth-order valence-corrected chi connectivity index (χ4v) is 2.88. The van der Waals surface area contributed by atoms with Crippen LogP contribution in [0.3, 0.4) is 0 Å². The van der Waals surface area contributed by atoms with Gasteiger partial charge in [-0.05, 0) is 30.7 Å². The van der Waals surface area contributed by atoms with Crippen LogP contribution >= 0.6 is 0 Å². The monoisotopic (exact) mass is 398 g/mol. The van der Waals surface area contributed by atoms with Gasteiger partial charge in [0.2, 0.25) is 5.82 Å². The third-order valence-electron chi connectivity index (χ3n) is 4.18. The first-order valence-electron chi connectivity index (χ1n) is 8.45. The average Bonchev–Trinajstić information content (AvgIpc) is 3.08. The number of alkyl halides is 3.